The average Bonchev–Trinajstić information content (AvgIpc) is 3.26. The van der Waals surface area contributed by atoms with E-state index in [0.29, 0.717) is 23.7 Å². The van der Waals surface area contributed by atoms with E-state index < -0.39 is 5.91 Å². The van der Waals surface area contributed by atoms with Crippen LogP contribution >= 0.6 is 0 Å². The number of carbonyl (C=O) groups is 2. The number of aromatic nitrogens is 2. The Morgan fingerprint density at radius 2 is 1.83 bits per heavy atom. The van der Waals surface area contributed by atoms with Gasteiger partial charge in [0, 0.05) is 17.5 Å². The number of amides is 1. The Kier molecular flexibility index (Phi) is 6.70. The molecule has 1 amide bonds. The lowest BCUT2D eigenvalue weighted by Gasteiger charge is -2.49. The molecule has 1 aromatic carbocycles. The first-order chi connectivity index (χ1) is 16.9. The number of hydrazine groups is 1. The van der Waals surface area contributed by atoms with Crippen LogP contribution in [-0.4, -0.2) is 46.4 Å². The lowest BCUT2D eigenvalue weighted by molar-refractivity contribution is -0.135. The van der Waals surface area contributed by atoms with Crippen molar-refractivity contribution in [1.82, 2.24) is 25.9 Å². The fraction of sp³-hybridized carbons (Fsp3) is 0.556. The van der Waals surface area contributed by atoms with Gasteiger partial charge in [0.2, 0.25) is 5.78 Å². The van der Waals surface area contributed by atoms with Crippen LogP contribution in [0.15, 0.2) is 42.6 Å². The van der Waals surface area contributed by atoms with Crippen molar-refractivity contribution in [3.8, 4) is 0 Å². The summed E-state index contributed by atoms with van der Waals surface area (Å²) >= 11 is 0. The summed E-state index contributed by atoms with van der Waals surface area (Å²) in [5.41, 5.74) is 9.59. The van der Waals surface area contributed by atoms with Crippen LogP contribution in [0.1, 0.15) is 75.1 Å². The van der Waals surface area contributed by atoms with Crippen molar-refractivity contribution in [1.29, 1.82) is 0 Å². The summed E-state index contributed by atoms with van der Waals surface area (Å²) in [5.74, 6) is -0.539. The van der Waals surface area contributed by atoms with Crippen molar-refractivity contribution in [3.05, 3.63) is 53.9 Å². The third-order valence-electron chi connectivity index (χ3n) is 8.59. The highest BCUT2D eigenvalue weighted by molar-refractivity contribution is 6.40. The monoisotopic (exact) mass is 476 g/mol. The lowest BCUT2D eigenvalue weighted by Crippen LogP contribution is -2.53. The van der Waals surface area contributed by atoms with E-state index in [1.807, 2.05) is 0 Å². The molecule has 186 valence electrons. The summed E-state index contributed by atoms with van der Waals surface area (Å²) in [5, 5.41) is 11.2. The van der Waals surface area contributed by atoms with Gasteiger partial charge in [-0.05, 0) is 76.6 Å². The number of ketones is 1. The number of benzene rings is 1. The Balaban J connectivity index is 1.26. The molecule has 2 aromatic rings. The van der Waals surface area contributed by atoms with E-state index in [1.165, 1.54) is 5.56 Å². The molecular weight excluding hydrogens is 440 g/mol. The predicted octanol–water partition coefficient (Wildman–Crippen LogP) is 3.48. The first-order valence-corrected chi connectivity index (χ1v) is 12.8. The fourth-order valence-electron chi connectivity index (χ4n) is 6.06. The summed E-state index contributed by atoms with van der Waals surface area (Å²) in [6, 6.07) is 12.4. The maximum absolute atomic E-state index is 12.6. The number of hydrogen-bond donors (Lipinski definition) is 3. The molecule has 0 radical (unpaired) electrons. The second-order valence-electron chi connectivity index (χ2n) is 10.8. The van der Waals surface area contributed by atoms with Crippen LogP contribution in [0.3, 0.4) is 0 Å². The van der Waals surface area contributed by atoms with E-state index >= 15 is 0 Å². The zero-order valence-electron chi connectivity index (χ0n) is 20.7. The Hall–Kier alpha value is -2.68. The fourth-order valence-corrected chi connectivity index (χ4v) is 6.06. The van der Waals surface area contributed by atoms with Crippen LogP contribution < -0.4 is 16.2 Å². The summed E-state index contributed by atoms with van der Waals surface area (Å²) in [6.45, 7) is 0. The molecule has 3 fully saturated rings. The summed E-state index contributed by atoms with van der Waals surface area (Å²) in [4.78, 5) is 27.3. The van der Waals surface area contributed by atoms with Crippen molar-refractivity contribution >= 4 is 17.4 Å². The van der Waals surface area contributed by atoms with Crippen molar-refractivity contribution < 1.29 is 9.59 Å². The van der Waals surface area contributed by atoms with E-state index in [0.717, 1.165) is 51.4 Å². The molecule has 35 heavy (non-hydrogen) atoms. The first-order valence-electron chi connectivity index (χ1n) is 12.8. The Bertz CT molecular complexity index is 1060. The number of anilines is 1. The number of carbonyl (C=O) groups excluding carboxylic acids is 2. The van der Waals surface area contributed by atoms with Gasteiger partial charge in [0.25, 0.3) is 5.91 Å². The minimum atomic E-state index is -0.553. The number of hydrogen-bond acceptors (Lipinski definition) is 7. The molecule has 1 saturated heterocycles. The minimum Gasteiger partial charge on any atom is -0.318 e. The van der Waals surface area contributed by atoms with Gasteiger partial charge >= 0.3 is 0 Å². The molecule has 0 bridgehead atoms. The molecule has 2 saturated carbocycles. The van der Waals surface area contributed by atoms with Crippen molar-refractivity contribution in [2.75, 3.05) is 19.4 Å². The quantitative estimate of drug-likeness (QED) is 0.526. The van der Waals surface area contributed by atoms with Crippen molar-refractivity contribution in [2.45, 2.75) is 74.9 Å². The molecule has 0 unspecified atom stereocenters. The zero-order chi connectivity index (χ0) is 24.5. The van der Waals surface area contributed by atoms with E-state index in [1.54, 1.807) is 12.3 Å². The molecule has 5 rings (SSSR count). The van der Waals surface area contributed by atoms with Gasteiger partial charge in [-0.1, -0.05) is 36.8 Å². The molecule has 3 aliphatic rings. The Labute approximate surface area is 207 Å². The standard InChI is InChI=1S/C27H36N6O2/c1-33(2)27(20-9-4-3-5-10-20)14-12-26(13-15-27)18-22(30-32-26)24-21(11-16-28-31-24)29-25(35)23(34)17-19-7-6-8-19/h3-5,9-11,16,19,22,30,32H,6-8,12-15,17-18H2,1-2H3,(H,28,29,35)/t22-,26?,27?/m0/s1. The van der Waals surface area contributed by atoms with Gasteiger partial charge in [0.1, 0.15) is 5.69 Å². The Morgan fingerprint density at radius 3 is 2.49 bits per heavy atom. The van der Waals surface area contributed by atoms with Gasteiger partial charge in [-0.2, -0.15) is 10.2 Å². The van der Waals surface area contributed by atoms with Crippen LogP contribution in [0.25, 0.3) is 0 Å². The Morgan fingerprint density at radius 1 is 1.09 bits per heavy atom. The average molecular weight is 477 g/mol. The smallest absolute Gasteiger partial charge is 0.291 e. The normalized spacial score (nSPS) is 28.7. The molecular formula is C27H36N6O2. The van der Waals surface area contributed by atoms with E-state index in [-0.39, 0.29) is 22.9 Å². The molecule has 2 aliphatic carbocycles. The number of nitrogens with one attached hydrogen (secondary N) is 3. The molecule has 8 heteroatoms. The minimum absolute atomic E-state index is 0.0266. The number of nitrogens with zero attached hydrogens (tertiary/aromatic N) is 3. The van der Waals surface area contributed by atoms with Crippen LogP contribution in [0, 0.1) is 5.92 Å². The highest BCUT2D eigenvalue weighted by Crippen LogP contribution is 2.48. The molecule has 1 atom stereocenters. The zero-order valence-corrected chi connectivity index (χ0v) is 20.7. The van der Waals surface area contributed by atoms with Crippen LogP contribution in [-0.2, 0) is 15.1 Å². The maximum atomic E-state index is 12.6. The van der Waals surface area contributed by atoms with E-state index in [4.69, 9.17) is 0 Å². The van der Waals surface area contributed by atoms with Crippen LogP contribution in [0.4, 0.5) is 5.69 Å². The predicted molar refractivity (Wildman–Crippen MR) is 134 cm³/mol. The highest BCUT2D eigenvalue weighted by Gasteiger charge is 2.48. The van der Waals surface area contributed by atoms with Gasteiger partial charge in [-0.25, -0.2) is 5.43 Å². The molecule has 1 spiro atoms. The highest BCUT2D eigenvalue weighted by atomic mass is 16.2. The second-order valence-corrected chi connectivity index (χ2v) is 10.8. The van der Waals surface area contributed by atoms with E-state index in [2.05, 4.69) is 75.7 Å². The molecule has 8 nitrogen and oxygen atoms in total. The number of Topliss-reactive ketones (excluding diaryl/α,β-unsaturated/α-hetero) is 1. The summed E-state index contributed by atoms with van der Waals surface area (Å²) < 4.78 is 0. The maximum Gasteiger partial charge on any atom is 0.291 e. The van der Waals surface area contributed by atoms with E-state index in [9.17, 15) is 9.59 Å². The molecule has 1 aliphatic heterocycles. The SMILES string of the molecule is CN(C)C1(c2ccccc2)CCC2(CC1)C[C@@H](c1nnccc1NC(=O)C(=O)CC1CCC1)NN2. The van der Waals surface area contributed by atoms with Gasteiger partial charge < -0.3 is 5.32 Å². The van der Waals surface area contributed by atoms with Gasteiger partial charge in [0.15, 0.2) is 0 Å². The second kappa shape index (κ2) is 9.76. The van der Waals surface area contributed by atoms with Gasteiger partial charge in [-0.3, -0.25) is 19.9 Å². The summed E-state index contributed by atoms with van der Waals surface area (Å²) in [7, 11) is 4.35. The van der Waals surface area contributed by atoms with Crippen molar-refractivity contribution in [2.24, 2.45) is 5.92 Å². The van der Waals surface area contributed by atoms with Gasteiger partial charge in [-0.15, -0.1) is 0 Å². The first kappa shape index (κ1) is 24.0. The lowest BCUT2D eigenvalue weighted by atomic mass is 9.67. The largest absolute Gasteiger partial charge is 0.318 e. The third-order valence-corrected chi connectivity index (χ3v) is 8.59. The van der Waals surface area contributed by atoms with Crippen molar-refractivity contribution in [3.63, 3.8) is 0 Å². The molecule has 1 aromatic heterocycles. The van der Waals surface area contributed by atoms with Crippen LogP contribution in [0.5, 0.6) is 0 Å². The summed E-state index contributed by atoms with van der Waals surface area (Å²) in [6.07, 6.45) is 10.1. The number of rotatable bonds is 7. The topological polar surface area (TPSA) is 99.2 Å². The molecule has 2 heterocycles. The van der Waals surface area contributed by atoms with Crippen LogP contribution in [0.2, 0.25) is 0 Å². The van der Waals surface area contributed by atoms with Gasteiger partial charge in [0.05, 0.1) is 17.9 Å². The molecule has 3 N–H and O–H groups in total. The third kappa shape index (κ3) is 4.75.